The Morgan fingerprint density at radius 1 is 1.10 bits per heavy atom. The standard InChI is InChI=1S/C17H19ClFNO/c1-11(2)21-17-7-5-4-6-16(17)20-12(3)13-8-9-14(18)15(19)10-13/h4-12,20H,1-3H3. The summed E-state index contributed by atoms with van der Waals surface area (Å²) in [5.74, 6) is 0.378. The minimum Gasteiger partial charge on any atom is -0.489 e. The van der Waals surface area contributed by atoms with Crippen molar-refractivity contribution in [2.24, 2.45) is 0 Å². The Hall–Kier alpha value is -1.74. The minimum absolute atomic E-state index is 0.0614. The van der Waals surface area contributed by atoms with Crippen LogP contribution >= 0.6 is 11.6 Å². The molecular weight excluding hydrogens is 289 g/mol. The Morgan fingerprint density at radius 3 is 2.48 bits per heavy atom. The molecule has 2 aromatic rings. The maximum atomic E-state index is 13.5. The Balaban J connectivity index is 2.19. The van der Waals surface area contributed by atoms with Gasteiger partial charge in [0.25, 0.3) is 0 Å². The molecule has 0 aliphatic carbocycles. The fourth-order valence-electron chi connectivity index (χ4n) is 2.04. The Kier molecular flexibility index (Phi) is 5.07. The summed E-state index contributed by atoms with van der Waals surface area (Å²) in [7, 11) is 0. The highest BCUT2D eigenvalue weighted by atomic mass is 35.5. The van der Waals surface area contributed by atoms with E-state index in [1.807, 2.05) is 51.1 Å². The van der Waals surface area contributed by atoms with E-state index in [1.54, 1.807) is 6.07 Å². The largest absolute Gasteiger partial charge is 0.489 e. The average Bonchev–Trinajstić information content (AvgIpc) is 2.43. The van der Waals surface area contributed by atoms with Crippen molar-refractivity contribution < 1.29 is 9.13 Å². The van der Waals surface area contributed by atoms with E-state index in [0.717, 1.165) is 17.0 Å². The fourth-order valence-corrected chi connectivity index (χ4v) is 2.16. The third-order valence-corrected chi connectivity index (χ3v) is 3.37. The molecule has 21 heavy (non-hydrogen) atoms. The monoisotopic (exact) mass is 307 g/mol. The van der Waals surface area contributed by atoms with Gasteiger partial charge in [-0.1, -0.05) is 29.8 Å². The average molecular weight is 308 g/mol. The molecule has 1 unspecified atom stereocenters. The van der Waals surface area contributed by atoms with Crippen molar-refractivity contribution >= 4 is 17.3 Å². The van der Waals surface area contributed by atoms with Crippen molar-refractivity contribution in [1.82, 2.24) is 0 Å². The number of hydrogen-bond acceptors (Lipinski definition) is 2. The van der Waals surface area contributed by atoms with Gasteiger partial charge in [-0.25, -0.2) is 4.39 Å². The van der Waals surface area contributed by atoms with Gasteiger partial charge in [-0.15, -0.1) is 0 Å². The highest BCUT2D eigenvalue weighted by Gasteiger charge is 2.11. The predicted molar refractivity (Wildman–Crippen MR) is 85.7 cm³/mol. The van der Waals surface area contributed by atoms with Crippen LogP contribution in [0.15, 0.2) is 42.5 Å². The molecule has 2 nitrogen and oxygen atoms in total. The first-order valence-electron chi connectivity index (χ1n) is 6.94. The van der Waals surface area contributed by atoms with E-state index in [9.17, 15) is 4.39 Å². The molecule has 0 aliphatic heterocycles. The van der Waals surface area contributed by atoms with Crippen LogP contribution in [0.2, 0.25) is 5.02 Å². The summed E-state index contributed by atoms with van der Waals surface area (Å²) in [6.45, 7) is 5.93. The van der Waals surface area contributed by atoms with E-state index >= 15 is 0 Å². The lowest BCUT2D eigenvalue weighted by Gasteiger charge is -2.20. The van der Waals surface area contributed by atoms with Crippen molar-refractivity contribution in [3.63, 3.8) is 0 Å². The molecule has 0 bridgehead atoms. The summed E-state index contributed by atoms with van der Waals surface area (Å²) in [5, 5.41) is 3.48. The van der Waals surface area contributed by atoms with Crippen LogP contribution in [0.3, 0.4) is 0 Å². The molecule has 2 rings (SSSR count). The van der Waals surface area contributed by atoms with E-state index in [-0.39, 0.29) is 17.2 Å². The SMILES string of the molecule is CC(C)Oc1ccccc1NC(C)c1ccc(Cl)c(F)c1. The zero-order valence-electron chi connectivity index (χ0n) is 12.4. The third kappa shape index (κ3) is 4.11. The molecule has 0 radical (unpaired) electrons. The number of benzene rings is 2. The van der Waals surface area contributed by atoms with Gasteiger partial charge in [0.2, 0.25) is 0 Å². The summed E-state index contributed by atoms with van der Waals surface area (Å²) in [6.07, 6.45) is 0.0937. The maximum absolute atomic E-state index is 13.5. The lowest BCUT2D eigenvalue weighted by molar-refractivity contribution is 0.243. The van der Waals surface area contributed by atoms with Crippen LogP contribution in [-0.2, 0) is 0 Å². The van der Waals surface area contributed by atoms with Gasteiger partial charge in [-0.05, 0) is 50.6 Å². The van der Waals surface area contributed by atoms with Crippen LogP contribution in [-0.4, -0.2) is 6.10 Å². The van der Waals surface area contributed by atoms with Gasteiger partial charge >= 0.3 is 0 Å². The van der Waals surface area contributed by atoms with Crippen molar-refractivity contribution in [2.45, 2.75) is 32.9 Å². The summed E-state index contributed by atoms with van der Waals surface area (Å²) in [5.41, 5.74) is 1.71. The number of hydrogen-bond donors (Lipinski definition) is 1. The lowest BCUT2D eigenvalue weighted by atomic mass is 10.1. The molecule has 0 saturated heterocycles. The topological polar surface area (TPSA) is 21.3 Å². The van der Waals surface area contributed by atoms with Gasteiger partial charge in [0, 0.05) is 6.04 Å². The second kappa shape index (κ2) is 6.81. The molecular formula is C17H19ClFNO. The van der Waals surface area contributed by atoms with Gasteiger partial charge < -0.3 is 10.1 Å². The number of rotatable bonds is 5. The number of anilines is 1. The van der Waals surface area contributed by atoms with Crippen LogP contribution in [0, 0.1) is 5.82 Å². The second-order valence-corrected chi connectivity index (χ2v) is 5.61. The van der Waals surface area contributed by atoms with E-state index in [0.29, 0.717) is 0 Å². The van der Waals surface area contributed by atoms with Crippen molar-refractivity contribution in [2.75, 3.05) is 5.32 Å². The number of para-hydroxylation sites is 2. The Labute approximate surface area is 129 Å². The first-order valence-corrected chi connectivity index (χ1v) is 7.32. The predicted octanol–water partition coefficient (Wildman–Crippen LogP) is 5.44. The van der Waals surface area contributed by atoms with Crippen molar-refractivity contribution in [1.29, 1.82) is 0 Å². The molecule has 0 spiro atoms. The maximum Gasteiger partial charge on any atom is 0.142 e. The summed E-state index contributed by atoms with van der Waals surface area (Å²) in [6, 6.07) is 12.5. The number of halogens is 2. The minimum atomic E-state index is -0.408. The zero-order valence-corrected chi connectivity index (χ0v) is 13.1. The fraction of sp³-hybridized carbons (Fsp3) is 0.294. The molecule has 0 aromatic heterocycles. The van der Waals surface area contributed by atoms with Gasteiger partial charge in [0.1, 0.15) is 11.6 Å². The van der Waals surface area contributed by atoms with Crippen molar-refractivity contribution in [3.8, 4) is 5.75 Å². The molecule has 112 valence electrons. The molecule has 0 saturated carbocycles. The van der Waals surface area contributed by atoms with Gasteiger partial charge in [-0.2, -0.15) is 0 Å². The molecule has 4 heteroatoms. The van der Waals surface area contributed by atoms with E-state index < -0.39 is 5.82 Å². The number of nitrogens with one attached hydrogen (secondary N) is 1. The lowest BCUT2D eigenvalue weighted by Crippen LogP contribution is -2.11. The van der Waals surface area contributed by atoms with Crippen LogP contribution in [0.4, 0.5) is 10.1 Å². The molecule has 1 N–H and O–H groups in total. The highest BCUT2D eigenvalue weighted by Crippen LogP contribution is 2.29. The van der Waals surface area contributed by atoms with Crippen molar-refractivity contribution in [3.05, 3.63) is 58.9 Å². The summed E-state index contributed by atoms with van der Waals surface area (Å²) in [4.78, 5) is 0. The van der Waals surface area contributed by atoms with E-state index in [4.69, 9.17) is 16.3 Å². The number of ether oxygens (including phenoxy) is 1. The molecule has 1 atom stereocenters. The first kappa shape index (κ1) is 15.6. The Morgan fingerprint density at radius 2 is 1.81 bits per heavy atom. The molecule has 0 heterocycles. The molecule has 0 fully saturated rings. The van der Waals surface area contributed by atoms with E-state index in [2.05, 4.69) is 5.32 Å². The highest BCUT2D eigenvalue weighted by molar-refractivity contribution is 6.30. The van der Waals surface area contributed by atoms with Crippen LogP contribution < -0.4 is 10.1 Å². The van der Waals surface area contributed by atoms with Gasteiger partial charge in [0.05, 0.1) is 16.8 Å². The van der Waals surface area contributed by atoms with Crippen LogP contribution in [0.5, 0.6) is 5.75 Å². The Bertz CT molecular complexity index is 615. The van der Waals surface area contributed by atoms with Crippen LogP contribution in [0.25, 0.3) is 0 Å². The second-order valence-electron chi connectivity index (χ2n) is 5.20. The molecule has 0 aliphatic rings. The van der Waals surface area contributed by atoms with Gasteiger partial charge in [0.15, 0.2) is 0 Å². The summed E-state index contributed by atoms with van der Waals surface area (Å²) >= 11 is 5.71. The van der Waals surface area contributed by atoms with Gasteiger partial charge in [-0.3, -0.25) is 0 Å². The zero-order chi connectivity index (χ0) is 15.4. The van der Waals surface area contributed by atoms with Crippen LogP contribution in [0.1, 0.15) is 32.4 Å². The van der Waals surface area contributed by atoms with E-state index in [1.165, 1.54) is 6.07 Å². The summed E-state index contributed by atoms with van der Waals surface area (Å²) < 4.78 is 19.3. The molecule has 2 aromatic carbocycles. The third-order valence-electron chi connectivity index (χ3n) is 3.07. The smallest absolute Gasteiger partial charge is 0.142 e. The quantitative estimate of drug-likeness (QED) is 0.794. The normalized spacial score (nSPS) is 12.3. The first-order chi connectivity index (χ1) is 9.97. The molecule has 0 amide bonds.